The Bertz CT molecular complexity index is 640. The van der Waals surface area contributed by atoms with Crippen LogP contribution >= 0.6 is 0 Å². The molecule has 1 fully saturated rings. The highest BCUT2D eigenvalue weighted by atomic mass is 16.5. The van der Waals surface area contributed by atoms with E-state index in [1.165, 1.54) is 17.4 Å². The van der Waals surface area contributed by atoms with Crippen LogP contribution in [0.15, 0.2) is 30.3 Å². The number of rotatable bonds is 4. The molecule has 2 N–H and O–H groups in total. The number of ether oxygens (including phenoxy) is 1. The van der Waals surface area contributed by atoms with E-state index in [9.17, 15) is 0 Å². The summed E-state index contributed by atoms with van der Waals surface area (Å²) in [6.07, 6.45) is 3.37. The van der Waals surface area contributed by atoms with Crippen molar-refractivity contribution in [2.45, 2.75) is 45.3 Å². The van der Waals surface area contributed by atoms with E-state index < -0.39 is 0 Å². The summed E-state index contributed by atoms with van der Waals surface area (Å²) in [7, 11) is 0. The van der Waals surface area contributed by atoms with Crippen molar-refractivity contribution in [2.24, 2.45) is 11.7 Å². The monoisotopic (exact) mass is 284 g/mol. The van der Waals surface area contributed by atoms with Crippen molar-refractivity contribution in [1.82, 2.24) is 4.98 Å². The largest absolute Gasteiger partial charge is 0.369 e. The van der Waals surface area contributed by atoms with Crippen LogP contribution in [0, 0.1) is 12.8 Å². The first-order chi connectivity index (χ1) is 10.1. The number of nitrogens with zero attached hydrogens (tertiary/aromatic N) is 1. The van der Waals surface area contributed by atoms with Crippen LogP contribution in [0.25, 0.3) is 10.9 Å². The lowest BCUT2D eigenvalue weighted by Crippen LogP contribution is -2.38. The quantitative estimate of drug-likeness (QED) is 0.933. The standard InChI is InChI=1S/C18H24N2O/c1-13-7-8-18(10-13,12-19)21-11-15-9-14(2)20-17-6-4-3-5-16(15)17/h3-6,9,13H,7-8,10-12,19H2,1-2H3. The second kappa shape index (κ2) is 5.74. The Morgan fingerprint density at radius 3 is 2.90 bits per heavy atom. The lowest BCUT2D eigenvalue weighted by molar-refractivity contribution is -0.0466. The van der Waals surface area contributed by atoms with Crippen molar-refractivity contribution in [3.8, 4) is 0 Å². The molecule has 1 heterocycles. The van der Waals surface area contributed by atoms with Gasteiger partial charge in [0.1, 0.15) is 0 Å². The fourth-order valence-electron chi connectivity index (χ4n) is 3.47. The second-order valence-corrected chi connectivity index (χ2v) is 6.46. The van der Waals surface area contributed by atoms with Crippen LogP contribution in [0.5, 0.6) is 0 Å². The summed E-state index contributed by atoms with van der Waals surface area (Å²) in [5.74, 6) is 0.712. The van der Waals surface area contributed by atoms with Gasteiger partial charge in [0.15, 0.2) is 0 Å². The van der Waals surface area contributed by atoms with Crippen LogP contribution < -0.4 is 5.73 Å². The minimum atomic E-state index is -0.127. The van der Waals surface area contributed by atoms with Gasteiger partial charge in [-0.2, -0.15) is 0 Å². The van der Waals surface area contributed by atoms with Gasteiger partial charge in [0.25, 0.3) is 0 Å². The smallest absolute Gasteiger partial charge is 0.0811 e. The molecule has 0 radical (unpaired) electrons. The van der Waals surface area contributed by atoms with Gasteiger partial charge in [0.2, 0.25) is 0 Å². The molecule has 0 amide bonds. The lowest BCUT2D eigenvalue weighted by Gasteiger charge is -2.28. The molecule has 3 rings (SSSR count). The molecule has 3 nitrogen and oxygen atoms in total. The van der Waals surface area contributed by atoms with E-state index in [-0.39, 0.29) is 5.60 Å². The Morgan fingerprint density at radius 2 is 2.19 bits per heavy atom. The second-order valence-electron chi connectivity index (χ2n) is 6.46. The Hall–Kier alpha value is -1.45. The molecule has 3 heteroatoms. The molecule has 1 aromatic heterocycles. The van der Waals surface area contributed by atoms with Gasteiger partial charge in [-0.05, 0) is 49.8 Å². The number of hydrogen-bond acceptors (Lipinski definition) is 3. The number of fused-ring (bicyclic) bond motifs is 1. The molecule has 0 saturated heterocycles. The number of para-hydroxylation sites is 1. The first-order valence-corrected chi connectivity index (χ1v) is 7.81. The van der Waals surface area contributed by atoms with Crippen molar-refractivity contribution in [3.63, 3.8) is 0 Å². The molecule has 1 saturated carbocycles. The third-order valence-electron chi connectivity index (χ3n) is 4.65. The minimum Gasteiger partial charge on any atom is -0.369 e. The summed E-state index contributed by atoms with van der Waals surface area (Å²) >= 11 is 0. The SMILES string of the molecule is Cc1cc(COC2(CN)CCC(C)C2)c2ccccc2n1. The van der Waals surface area contributed by atoms with Crippen molar-refractivity contribution < 1.29 is 4.74 Å². The van der Waals surface area contributed by atoms with E-state index in [0.717, 1.165) is 24.1 Å². The molecule has 21 heavy (non-hydrogen) atoms. The van der Waals surface area contributed by atoms with Crippen molar-refractivity contribution in [1.29, 1.82) is 0 Å². The summed E-state index contributed by atoms with van der Waals surface area (Å²) in [6, 6.07) is 10.4. The molecule has 0 aliphatic heterocycles. The molecular formula is C18H24N2O. The van der Waals surface area contributed by atoms with Crippen LogP contribution in [-0.4, -0.2) is 17.1 Å². The van der Waals surface area contributed by atoms with E-state index in [2.05, 4.69) is 36.2 Å². The van der Waals surface area contributed by atoms with E-state index >= 15 is 0 Å². The molecule has 2 atom stereocenters. The average Bonchev–Trinajstić information content (AvgIpc) is 2.87. The zero-order valence-electron chi connectivity index (χ0n) is 12.9. The summed E-state index contributed by atoms with van der Waals surface area (Å²) in [6.45, 7) is 5.55. The summed E-state index contributed by atoms with van der Waals surface area (Å²) in [5.41, 5.74) is 9.16. The normalized spacial score (nSPS) is 25.6. The Balaban J connectivity index is 1.85. The zero-order valence-corrected chi connectivity index (χ0v) is 12.9. The molecule has 2 unspecified atom stereocenters. The maximum Gasteiger partial charge on any atom is 0.0811 e. The predicted molar refractivity (Wildman–Crippen MR) is 86.1 cm³/mol. The van der Waals surface area contributed by atoms with Crippen LogP contribution in [0.4, 0.5) is 0 Å². The molecule has 0 spiro atoms. The summed E-state index contributed by atoms with van der Waals surface area (Å²) in [5, 5.41) is 1.18. The highest BCUT2D eigenvalue weighted by Gasteiger charge is 2.37. The summed E-state index contributed by atoms with van der Waals surface area (Å²) < 4.78 is 6.31. The van der Waals surface area contributed by atoms with E-state index in [1.54, 1.807) is 0 Å². The van der Waals surface area contributed by atoms with Crippen LogP contribution in [0.1, 0.15) is 37.4 Å². The molecule has 1 aromatic carbocycles. The highest BCUT2D eigenvalue weighted by Crippen LogP contribution is 2.37. The molecule has 112 valence electrons. The number of benzene rings is 1. The lowest BCUT2D eigenvalue weighted by atomic mass is 10.0. The van der Waals surface area contributed by atoms with E-state index in [0.29, 0.717) is 19.1 Å². The summed E-state index contributed by atoms with van der Waals surface area (Å²) in [4.78, 5) is 4.59. The van der Waals surface area contributed by atoms with Crippen molar-refractivity contribution in [3.05, 3.63) is 41.6 Å². The molecule has 1 aliphatic rings. The van der Waals surface area contributed by atoms with Crippen LogP contribution in [0.3, 0.4) is 0 Å². The topological polar surface area (TPSA) is 48.1 Å². The minimum absolute atomic E-state index is 0.127. The van der Waals surface area contributed by atoms with Gasteiger partial charge < -0.3 is 10.5 Å². The Labute approximate surface area is 126 Å². The van der Waals surface area contributed by atoms with Gasteiger partial charge in [0.05, 0.1) is 17.7 Å². The van der Waals surface area contributed by atoms with Gasteiger partial charge in [0, 0.05) is 17.6 Å². The first kappa shape index (κ1) is 14.5. The van der Waals surface area contributed by atoms with Crippen LogP contribution in [-0.2, 0) is 11.3 Å². The predicted octanol–water partition coefficient (Wildman–Crippen LogP) is 3.58. The number of nitrogens with two attached hydrogens (primary N) is 1. The maximum absolute atomic E-state index is 6.31. The third-order valence-corrected chi connectivity index (χ3v) is 4.65. The molecule has 2 aromatic rings. The van der Waals surface area contributed by atoms with Gasteiger partial charge >= 0.3 is 0 Å². The number of aromatic nitrogens is 1. The van der Waals surface area contributed by atoms with Gasteiger partial charge in [-0.15, -0.1) is 0 Å². The fourth-order valence-corrected chi connectivity index (χ4v) is 3.47. The van der Waals surface area contributed by atoms with Crippen molar-refractivity contribution >= 4 is 10.9 Å². The Morgan fingerprint density at radius 1 is 1.38 bits per heavy atom. The van der Waals surface area contributed by atoms with Gasteiger partial charge in [-0.25, -0.2) is 0 Å². The van der Waals surface area contributed by atoms with Crippen molar-refractivity contribution in [2.75, 3.05) is 6.54 Å². The molecular weight excluding hydrogens is 260 g/mol. The van der Waals surface area contributed by atoms with Gasteiger partial charge in [-0.3, -0.25) is 4.98 Å². The molecule has 0 bridgehead atoms. The third kappa shape index (κ3) is 2.94. The number of hydrogen-bond donors (Lipinski definition) is 1. The number of pyridine rings is 1. The van der Waals surface area contributed by atoms with E-state index in [1.807, 2.05) is 13.0 Å². The van der Waals surface area contributed by atoms with E-state index in [4.69, 9.17) is 10.5 Å². The fraction of sp³-hybridized carbons (Fsp3) is 0.500. The highest BCUT2D eigenvalue weighted by molar-refractivity contribution is 5.82. The Kier molecular flexibility index (Phi) is 3.96. The maximum atomic E-state index is 6.31. The van der Waals surface area contributed by atoms with Gasteiger partial charge in [-0.1, -0.05) is 25.1 Å². The first-order valence-electron chi connectivity index (χ1n) is 7.81. The van der Waals surface area contributed by atoms with Crippen LogP contribution in [0.2, 0.25) is 0 Å². The zero-order chi connectivity index (χ0) is 14.9. The molecule has 1 aliphatic carbocycles. The average molecular weight is 284 g/mol. The number of aryl methyl sites for hydroxylation is 1.